The van der Waals surface area contributed by atoms with Gasteiger partial charge in [-0.15, -0.1) is 13.2 Å². The lowest BCUT2D eigenvalue weighted by Crippen LogP contribution is -2.17. The Morgan fingerprint density at radius 1 is 1.29 bits per heavy atom. The molecule has 2 aromatic rings. The van der Waals surface area contributed by atoms with Crippen LogP contribution in [0.2, 0.25) is 0 Å². The zero-order chi connectivity index (χ0) is 18.1. The minimum atomic E-state index is -4.87. The zero-order valence-electron chi connectivity index (χ0n) is 12.8. The number of nitrogens with two attached hydrogens (primary N) is 1. The first kappa shape index (κ1) is 17.7. The smallest absolute Gasteiger partial charge is 0.406 e. The number of nitrogens with zero attached hydrogens (tertiary/aromatic N) is 1. The van der Waals surface area contributed by atoms with Crippen molar-refractivity contribution in [2.75, 3.05) is 0 Å². The molecule has 4 nitrogen and oxygen atoms in total. The number of alkyl halides is 3. The van der Waals surface area contributed by atoms with E-state index in [9.17, 15) is 22.4 Å². The number of amides is 1. The lowest BCUT2D eigenvalue weighted by Gasteiger charge is -2.16. The van der Waals surface area contributed by atoms with E-state index in [2.05, 4.69) is 9.72 Å². The van der Waals surface area contributed by atoms with Crippen molar-refractivity contribution in [1.29, 1.82) is 0 Å². The van der Waals surface area contributed by atoms with Crippen LogP contribution in [0.15, 0.2) is 30.5 Å². The van der Waals surface area contributed by atoms with Gasteiger partial charge < -0.3 is 10.5 Å². The number of rotatable bonds is 4. The number of hydrogen-bond donors (Lipinski definition) is 1. The summed E-state index contributed by atoms with van der Waals surface area (Å²) in [4.78, 5) is 15.4. The van der Waals surface area contributed by atoms with Gasteiger partial charge in [-0.1, -0.05) is 6.92 Å². The summed E-state index contributed by atoms with van der Waals surface area (Å²) in [5.74, 6) is -2.57. The number of aryl methyl sites for hydroxylation is 1. The van der Waals surface area contributed by atoms with Crippen molar-refractivity contribution in [2.45, 2.75) is 26.1 Å². The molecule has 0 saturated heterocycles. The van der Waals surface area contributed by atoms with Gasteiger partial charge in [0, 0.05) is 17.8 Å². The molecule has 0 aliphatic heterocycles. The van der Waals surface area contributed by atoms with E-state index in [1.54, 1.807) is 13.8 Å². The first-order chi connectivity index (χ1) is 11.1. The minimum Gasteiger partial charge on any atom is -0.406 e. The van der Waals surface area contributed by atoms with Gasteiger partial charge in [0.15, 0.2) is 0 Å². The highest BCUT2D eigenvalue weighted by molar-refractivity contribution is 5.94. The molecule has 24 heavy (non-hydrogen) atoms. The van der Waals surface area contributed by atoms with E-state index in [0.717, 1.165) is 18.2 Å². The van der Waals surface area contributed by atoms with Crippen molar-refractivity contribution >= 4 is 5.91 Å². The van der Waals surface area contributed by atoms with Crippen LogP contribution in [0.4, 0.5) is 17.6 Å². The number of ether oxygens (including phenoxy) is 1. The molecule has 0 spiro atoms. The van der Waals surface area contributed by atoms with E-state index in [1.807, 2.05) is 0 Å². The third-order valence-corrected chi connectivity index (χ3v) is 3.54. The maximum absolute atomic E-state index is 14.0. The van der Waals surface area contributed by atoms with E-state index < -0.39 is 29.8 Å². The molecule has 0 unspecified atom stereocenters. The number of aromatic nitrogens is 1. The summed E-state index contributed by atoms with van der Waals surface area (Å²) in [6.45, 7) is 3.17. The van der Waals surface area contributed by atoms with Crippen LogP contribution in [0.5, 0.6) is 5.75 Å². The van der Waals surface area contributed by atoms with Crippen molar-refractivity contribution in [2.24, 2.45) is 5.73 Å². The molecule has 0 aliphatic carbocycles. The SMILES string of the molecule is Cc1ncc([C@@H](C)c2cc(OC(F)(F)F)ccc2F)cc1C(N)=O. The highest BCUT2D eigenvalue weighted by Crippen LogP contribution is 2.31. The number of halogens is 4. The van der Waals surface area contributed by atoms with Crippen LogP contribution < -0.4 is 10.5 Å². The second-order valence-corrected chi connectivity index (χ2v) is 5.22. The molecule has 1 aromatic carbocycles. The number of benzene rings is 1. The number of hydrogen-bond acceptors (Lipinski definition) is 3. The summed E-state index contributed by atoms with van der Waals surface area (Å²) in [7, 11) is 0. The quantitative estimate of drug-likeness (QED) is 0.862. The van der Waals surface area contributed by atoms with E-state index >= 15 is 0 Å². The van der Waals surface area contributed by atoms with Crippen LogP contribution in [0.25, 0.3) is 0 Å². The molecule has 1 aromatic heterocycles. The topological polar surface area (TPSA) is 65.2 Å². The number of carbonyl (C=O) groups excluding carboxylic acids is 1. The van der Waals surface area contributed by atoms with Gasteiger partial charge in [-0.2, -0.15) is 0 Å². The van der Waals surface area contributed by atoms with Crippen LogP contribution >= 0.6 is 0 Å². The molecule has 128 valence electrons. The summed E-state index contributed by atoms with van der Waals surface area (Å²) in [6, 6.07) is 4.20. The first-order valence-electron chi connectivity index (χ1n) is 6.90. The Morgan fingerprint density at radius 2 is 1.96 bits per heavy atom. The standard InChI is InChI=1S/C16H14F4N2O2/c1-8(10-5-13(15(21)23)9(2)22-7-10)12-6-11(3-4-14(12)17)24-16(18,19)20/h3-8H,1-2H3,(H2,21,23)/t8-/m1/s1. The molecule has 8 heteroatoms. The predicted octanol–water partition coefficient (Wildman–Crippen LogP) is 3.68. The zero-order valence-corrected chi connectivity index (χ0v) is 12.8. The molecule has 0 saturated carbocycles. The summed E-state index contributed by atoms with van der Waals surface area (Å²) in [5.41, 5.74) is 6.25. The molecule has 1 atom stereocenters. The Labute approximate surface area is 135 Å². The Hall–Kier alpha value is -2.64. The van der Waals surface area contributed by atoms with Crippen molar-refractivity contribution in [1.82, 2.24) is 4.98 Å². The fraction of sp³-hybridized carbons (Fsp3) is 0.250. The third kappa shape index (κ3) is 4.01. The highest BCUT2D eigenvalue weighted by Gasteiger charge is 2.31. The minimum absolute atomic E-state index is 0.0159. The van der Waals surface area contributed by atoms with Gasteiger partial charge in [-0.25, -0.2) is 4.39 Å². The van der Waals surface area contributed by atoms with Crippen molar-refractivity contribution in [3.63, 3.8) is 0 Å². The molecule has 0 bridgehead atoms. The monoisotopic (exact) mass is 342 g/mol. The summed E-state index contributed by atoms with van der Waals surface area (Å²) in [5, 5.41) is 0. The Kier molecular flexibility index (Phi) is 4.77. The largest absolute Gasteiger partial charge is 0.573 e. The van der Waals surface area contributed by atoms with Gasteiger partial charge in [0.05, 0.1) is 5.56 Å². The van der Waals surface area contributed by atoms with Crippen LogP contribution in [-0.2, 0) is 0 Å². The van der Waals surface area contributed by atoms with Crippen molar-refractivity contribution in [3.8, 4) is 5.75 Å². The van der Waals surface area contributed by atoms with Crippen molar-refractivity contribution in [3.05, 3.63) is 58.7 Å². The second-order valence-electron chi connectivity index (χ2n) is 5.22. The van der Waals surface area contributed by atoms with Gasteiger partial charge in [-0.3, -0.25) is 9.78 Å². The summed E-state index contributed by atoms with van der Waals surface area (Å²) in [6.07, 6.45) is -3.45. The predicted molar refractivity (Wildman–Crippen MR) is 78.1 cm³/mol. The molecule has 0 aliphatic rings. The Bertz CT molecular complexity index is 775. The fourth-order valence-electron chi connectivity index (χ4n) is 2.27. The molecule has 1 amide bonds. The van der Waals surface area contributed by atoms with E-state index in [4.69, 9.17) is 5.73 Å². The maximum Gasteiger partial charge on any atom is 0.573 e. The van der Waals surface area contributed by atoms with Gasteiger partial charge in [0.25, 0.3) is 5.91 Å². The molecule has 1 heterocycles. The lowest BCUT2D eigenvalue weighted by atomic mass is 9.92. The molecular weight excluding hydrogens is 328 g/mol. The number of pyridine rings is 1. The molecule has 2 rings (SSSR count). The highest BCUT2D eigenvalue weighted by atomic mass is 19.4. The van der Waals surface area contributed by atoms with Gasteiger partial charge in [-0.05, 0) is 42.3 Å². The third-order valence-electron chi connectivity index (χ3n) is 3.54. The van der Waals surface area contributed by atoms with Crippen LogP contribution in [0.3, 0.4) is 0 Å². The number of primary amides is 1. The van der Waals surface area contributed by atoms with Crippen LogP contribution in [0, 0.1) is 12.7 Å². The maximum atomic E-state index is 14.0. The van der Waals surface area contributed by atoms with E-state index in [1.165, 1.54) is 12.3 Å². The van der Waals surface area contributed by atoms with E-state index in [-0.39, 0.29) is 11.1 Å². The second kappa shape index (κ2) is 6.46. The summed E-state index contributed by atoms with van der Waals surface area (Å²) < 4.78 is 54.8. The molecule has 2 N–H and O–H groups in total. The van der Waals surface area contributed by atoms with Crippen molar-refractivity contribution < 1.29 is 27.1 Å². The average molecular weight is 342 g/mol. The van der Waals surface area contributed by atoms with Crippen LogP contribution in [0.1, 0.15) is 40.0 Å². The Morgan fingerprint density at radius 3 is 2.54 bits per heavy atom. The lowest BCUT2D eigenvalue weighted by molar-refractivity contribution is -0.274. The summed E-state index contributed by atoms with van der Waals surface area (Å²) >= 11 is 0. The first-order valence-corrected chi connectivity index (χ1v) is 6.90. The Balaban J connectivity index is 2.42. The van der Waals surface area contributed by atoms with Crippen LogP contribution in [-0.4, -0.2) is 17.3 Å². The number of carbonyl (C=O) groups is 1. The van der Waals surface area contributed by atoms with Gasteiger partial charge >= 0.3 is 6.36 Å². The van der Waals surface area contributed by atoms with E-state index in [0.29, 0.717) is 11.3 Å². The van der Waals surface area contributed by atoms with Gasteiger partial charge in [0.1, 0.15) is 11.6 Å². The molecule has 0 fully saturated rings. The average Bonchev–Trinajstić information content (AvgIpc) is 2.47. The molecular formula is C16H14F4N2O2. The van der Waals surface area contributed by atoms with Gasteiger partial charge in [0.2, 0.25) is 0 Å². The normalized spacial score (nSPS) is 12.8. The molecule has 0 radical (unpaired) electrons. The fourth-order valence-corrected chi connectivity index (χ4v) is 2.27.